The van der Waals surface area contributed by atoms with Crippen molar-refractivity contribution in [3.8, 4) is 5.75 Å². The van der Waals surface area contributed by atoms with Gasteiger partial charge in [-0.3, -0.25) is 0 Å². The fourth-order valence-electron chi connectivity index (χ4n) is 2.10. The minimum atomic E-state index is -0.582. The molecule has 0 fully saturated rings. The Morgan fingerprint density at radius 1 is 0.857 bits per heavy atom. The molecule has 0 heterocycles. The molecule has 0 amide bonds. The van der Waals surface area contributed by atoms with Crippen molar-refractivity contribution in [2.45, 2.75) is 13.8 Å². The highest BCUT2D eigenvalue weighted by atomic mass is 16.5. The topological polar surface area (TPSA) is 52.6 Å². The molecule has 0 aromatic heterocycles. The van der Waals surface area contributed by atoms with E-state index in [1.165, 1.54) is 19.2 Å². The Balaban J connectivity index is 2.30. The summed E-state index contributed by atoms with van der Waals surface area (Å²) in [4.78, 5) is 23.9. The van der Waals surface area contributed by atoms with Crippen LogP contribution in [0.3, 0.4) is 0 Å². The molecule has 0 aliphatic rings. The summed E-state index contributed by atoms with van der Waals surface area (Å²) >= 11 is 0. The van der Waals surface area contributed by atoms with Gasteiger partial charge in [0.1, 0.15) is 5.75 Å². The number of rotatable bonds is 3. The zero-order valence-electron chi connectivity index (χ0n) is 12.2. The van der Waals surface area contributed by atoms with E-state index in [2.05, 4.69) is 4.74 Å². The van der Waals surface area contributed by atoms with Gasteiger partial charge in [-0.1, -0.05) is 18.2 Å². The van der Waals surface area contributed by atoms with Crippen LogP contribution >= 0.6 is 0 Å². The number of carbonyl (C=O) groups excluding carboxylic acids is 2. The first-order valence-corrected chi connectivity index (χ1v) is 6.49. The summed E-state index contributed by atoms with van der Waals surface area (Å²) in [5.41, 5.74) is 2.37. The molecule has 0 aliphatic carbocycles. The molecule has 0 bridgehead atoms. The Morgan fingerprint density at radius 3 is 1.90 bits per heavy atom. The second-order valence-electron chi connectivity index (χ2n) is 4.75. The minimum absolute atomic E-state index is 0.184. The van der Waals surface area contributed by atoms with Crippen LogP contribution in [0, 0.1) is 13.8 Å². The van der Waals surface area contributed by atoms with Gasteiger partial charge in [-0.15, -0.1) is 0 Å². The van der Waals surface area contributed by atoms with E-state index in [1.807, 2.05) is 19.9 Å². The molecule has 0 unspecified atom stereocenters. The van der Waals surface area contributed by atoms with Crippen LogP contribution in [-0.4, -0.2) is 19.0 Å². The number of methoxy groups -OCH3 is 1. The van der Waals surface area contributed by atoms with Crippen molar-refractivity contribution in [3.63, 3.8) is 0 Å². The number of hydrogen-bond donors (Lipinski definition) is 0. The summed E-state index contributed by atoms with van der Waals surface area (Å²) in [6.07, 6.45) is 0. The third-order valence-electron chi connectivity index (χ3n) is 2.96. The van der Waals surface area contributed by atoms with Gasteiger partial charge >= 0.3 is 11.9 Å². The number of benzene rings is 2. The van der Waals surface area contributed by atoms with Crippen LogP contribution in [0.25, 0.3) is 0 Å². The second-order valence-corrected chi connectivity index (χ2v) is 4.75. The van der Waals surface area contributed by atoms with E-state index < -0.39 is 11.9 Å². The maximum Gasteiger partial charge on any atom is 0.344 e. The van der Waals surface area contributed by atoms with Gasteiger partial charge in [-0.05, 0) is 49.2 Å². The molecule has 0 atom stereocenters. The van der Waals surface area contributed by atoms with Gasteiger partial charge in [-0.2, -0.15) is 0 Å². The van der Waals surface area contributed by atoms with E-state index in [9.17, 15) is 9.59 Å². The number of aryl methyl sites for hydroxylation is 2. The summed E-state index contributed by atoms with van der Waals surface area (Å²) in [5, 5.41) is 0. The number of carbonyl (C=O) groups is 2. The lowest BCUT2D eigenvalue weighted by Crippen LogP contribution is -2.15. The molecule has 0 radical (unpaired) electrons. The normalized spacial score (nSPS) is 10.0. The monoisotopic (exact) mass is 284 g/mol. The molecule has 21 heavy (non-hydrogen) atoms. The lowest BCUT2D eigenvalue weighted by atomic mass is 10.1. The molecule has 0 spiro atoms. The van der Waals surface area contributed by atoms with Crippen LogP contribution in [0.15, 0.2) is 42.5 Å². The predicted molar refractivity (Wildman–Crippen MR) is 78.7 cm³/mol. The van der Waals surface area contributed by atoms with E-state index in [4.69, 9.17) is 4.74 Å². The number of hydrogen-bond acceptors (Lipinski definition) is 4. The molecule has 4 nitrogen and oxygen atoms in total. The van der Waals surface area contributed by atoms with E-state index in [1.54, 1.807) is 24.3 Å². The molecule has 2 rings (SSSR count). The molecule has 0 aliphatic heterocycles. The summed E-state index contributed by atoms with van der Waals surface area (Å²) in [6.45, 7) is 3.85. The standard InChI is InChI=1S/C17H16O4/c1-11-8-12(2)10-13(9-11)21-17(19)15-7-5-4-6-14(15)16(18)20-3/h4-10H,1-3H3. The number of ether oxygens (including phenoxy) is 2. The third-order valence-corrected chi connectivity index (χ3v) is 2.96. The Hall–Kier alpha value is -2.62. The fraction of sp³-hybridized carbons (Fsp3) is 0.176. The van der Waals surface area contributed by atoms with Gasteiger partial charge in [0.25, 0.3) is 0 Å². The summed E-state index contributed by atoms with van der Waals surface area (Å²) in [7, 11) is 1.27. The van der Waals surface area contributed by atoms with Gasteiger partial charge < -0.3 is 9.47 Å². The maximum absolute atomic E-state index is 12.2. The largest absolute Gasteiger partial charge is 0.465 e. The van der Waals surface area contributed by atoms with Crippen LogP contribution in [0.5, 0.6) is 5.75 Å². The summed E-state index contributed by atoms with van der Waals surface area (Å²) < 4.78 is 10.0. The Kier molecular flexibility index (Phi) is 4.38. The Bertz CT molecular complexity index is 669. The molecular formula is C17H16O4. The highest BCUT2D eigenvalue weighted by molar-refractivity contribution is 6.03. The fourth-order valence-corrected chi connectivity index (χ4v) is 2.10. The Morgan fingerprint density at radius 2 is 1.38 bits per heavy atom. The van der Waals surface area contributed by atoms with E-state index in [0.29, 0.717) is 5.75 Å². The average Bonchev–Trinajstić information content (AvgIpc) is 2.45. The highest BCUT2D eigenvalue weighted by Gasteiger charge is 2.18. The molecule has 108 valence electrons. The van der Waals surface area contributed by atoms with Crippen molar-refractivity contribution < 1.29 is 19.1 Å². The Labute approximate surface area is 123 Å². The lowest BCUT2D eigenvalue weighted by Gasteiger charge is -2.09. The predicted octanol–water partition coefficient (Wildman–Crippen LogP) is 3.31. The number of esters is 2. The smallest absolute Gasteiger partial charge is 0.344 e. The molecule has 4 heteroatoms. The molecule has 0 saturated heterocycles. The van der Waals surface area contributed by atoms with E-state index in [0.717, 1.165) is 11.1 Å². The molecule has 0 N–H and O–H groups in total. The van der Waals surface area contributed by atoms with Crippen LogP contribution in [-0.2, 0) is 4.74 Å². The van der Waals surface area contributed by atoms with Gasteiger partial charge in [0.2, 0.25) is 0 Å². The zero-order valence-corrected chi connectivity index (χ0v) is 12.2. The lowest BCUT2D eigenvalue weighted by molar-refractivity contribution is 0.0587. The molecule has 2 aromatic rings. The quantitative estimate of drug-likeness (QED) is 0.641. The van der Waals surface area contributed by atoms with Crippen molar-refractivity contribution in [1.29, 1.82) is 0 Å². The van der Waals surface area contributed by atoms with Crippen molar-refractivity contribution in [1.82, 2.24) is 0 Å². The van der Waals surface area contributed by atoms with E-state index in [-0.39, 0.29) is 11.1 Å². The summed E-state index contributed by atoms with van der Waals surface area (Å²) in [6, 6.07) is 11.9. The summed E-state index contributed by atoms with van der Waals surface area (Å²) in [5.74, 6) is -0.693. The van der Waals surface area contributed by atoms with Crippen molar-refractivity contribution in [2.75, 3.05) is 7.11 Å². The van der Waals surface area contributed by atoms with Crippen LogP contribution in [0.4, 0.5) is 0 Å². The van der Waals surface area contributed by atoms with E-state index >= 15 is 0 Å². The molecular weight excluding hydrogens is 268 g/mol. The third kappa shape index (κ3) is 3.48. The van der Waals surface area contributed by atoms with Gasteiger partial charge in [-0.25, -0.2) is 9.59 Å². The van der Waals surface area contributed by atoms with Crippen molar-refractivity contribution in [2.24, 2.45) is 0 Å². The molecule has 2 aromatic carbocycles. The maximum atomic E-state index is 12.2. The van der Waals surface area contributed by atoms with Gasteiger partial charge in [0.15, 0.2) is 0 Å². The van der Waals surface area contributed by atoms with Crippen LogP contribution < -0.4 is 4.74 Å². The SMILES string of the molecule is COC(=O)c1ccccc1C(=O)Oc1cc(C)cc(C)c1. The second kappa shape index (κ2) is 6.22. The average molecular weight is 284 g/mol. The first-order chi connectivity index (χ1) is 10.0. The minimum Gasteiger partial charge on any atom is -0.465 e. The van der Waals surface area contributed by atoms with Crippen LogP contribution in [0.1, 0.15) is 31.8 Å². The first kappa shape index (κ1) is 14.8. The van der Waals surface area contributed by atoms with Crippen molar-refractivity contribution in [3.05, 3.63) is 64.7 Å². The first-order valence-electron chi connectivity index (χ1n) is 6.49. The zero-order chi connectivity index (χ0) is 15.4. The highest BCUT2D eigenvalue weighted by Crippen LogP contribution is 2.19. The van der Waals surface area contributed by atoms with Gasteiger partial charge in [0, 0.05) is 0 Å². The van der Waals surface area contributed by atoms with Gasteiger partial charge in [0.05, 0.1) is 18.2 Å². The van der Waals surface area contributed by atoms with Crippen LogP contribution in [0.2, 0.25) is 0 Å². The van der Waals surface area contributed by atoms with Crippen molar-refractivity contribution >= 4 is 11.9 Å². The molecule has 0 saturated carbocycles.